The summed E-state index contributed by atoms with van der Waals surface area (Å²) >= 11 is 0. The van der Waals surface area contributed by atoms with Gasteiger partial charge in [-0.2, -0.15) is 9.62 Å². The first-order chi connectivity index (χ1) is 13.8. The molecule has 7 nitrogen and oxygen atoms in total. The molecule has 1 N–H and O–H groups in total. The fourth-order valence-corrected chi connectivity index (χ4v) is 3.13. The van der Waals surface area contributed by atoms with E-state index < -0.39 is 0 Å². The van der Waals surface area contributed by atoms with E-state index in [1.165, 1.54) is 4.52 Å². The molecule has 0 saturated heterocycles. The number of pyridine rings is 1. The molecule has 0 bridgehead atoms. The minimum absolute atomic E-state index is 0.217. The van der Waals surface area contributed by atoms with Crippen LogP contribution in [0, 0.1) is 0 Å². The van der Waals surface area contributed by atoms with Gasteiger partial charge in [-0.3, -0.25) is 15.2 Å². The predicted octanol–water partition coefficient (Wildman–Crippen LogP) is 3.24. The van der Waals surface area contributed by atoms with Crippen molar-refractivity contribution in [1.29, 1.82) is 0 Å². The van der Waals surface area contributed by atoms with Gasteiger partial charge in [-0.05, 0) is 18.2 Å². The first-order valence-electron chi connectivity index (χ1n) is 8.71. The van der Waals surface area contributed by atoms with Gasteiger partial charge in [0.2, 0.25) is 0 Å². The molecule has 0 aliphatic heterocycles. The Hall–Kier alpha value is -4.13. The van der Waals surface area contributed by atoms with E-state index in [4.69, 9.17) is 0 Å². The minimum Gasteiger partial charge on any atom is -0.267 e. The van der Waals surface area contributed by atoms with Crippen LogP contribution in [0.15, 0.2) is 83.0 Å². The highest BCUT2D eigenvalue weighted by atomic mass is 16.1. The molecule has 7 heteroatoms. The van der Waals surface area contributed by atoms with Crippen LogP contribution in [0.2, 0.25) is 0 Å². The van der Waals surface area contributed by atoms with Gasteiger partial charge < -0.3 is 0 Å². The number of anilines is 1. The van der Waals surface area contributed by atoms with Gasteiger partial charge in [0.1, 0.15) is 0 Å². The largest absolute Gasteiger partial charge is 0.282 e. The topological polar surface area (TPSA) is 84.5 Å². The zero-order valence-corrected chi connectivity index (χ0v) is 14.6. The standard InChI is InChI=1S/C21H14N6O/c28-21-17-9-3-4-10-18(17)24-20-16-8-2-1-7-15(16)19(26-27(20)21)25-23-13-14-6-5-11-22-12-14/h1-13H,(H,25,26)/b23-13+. The number of nitrogens with one attached hydrogen (secondary N) is 1. The van der Waals surface area contributed by atoms with Crippen LogP contribution in [-0.4, -0.2) is 25.8 Å². The van der Waals surface area contributed by atoms with Crippen molar-refractivity contribution in [2.75, 3.05) is 5.43 Å². The molecule has 0 aliphatic rings. The Morgan fingerprint density at radius 2 is 1.71 bits per heavy atom. The molecule has 0 amide bonds. The SMILES string of the molecule is O=c1c2ccccc2nc2c3ccccc3c(N/N=C/c3cccnc3)nn12. The van der Waals surface area contributed by atoms with Gasteiger partial charge in [-0.1, -0.05) is 42.5 Å². The molecule has 3 heterocycles. The highest BCUT2D eigenvalue weighted by Crippen LogP contribution is 2.24. The molecule has 0 saturated carbocycles. The summed E-state index contributed by atoms with van der Waals surface area (Å²) in [5, 5.41) is 10.9. The number of nitrogens with zero attached hydrogens (tertiary/aromatic N) is 5. The summed E-state index contributed by atoms with van der Waals surface area (Å²) in [5.74, 6) is 0.474. The Kier molecular flexibility index (Phi) is 3.76. The number of benzene rings is 2. The van der Waals surface area contributed by atoms with Gasteiger partial charge in [0.05, 0.1) is 17.1 Å². The van der Waals surface area contributed by atoms with E-state index >= 15 is 0 Å². The van der Waals surface area contributed by atoms with Gasteiger partial charge in [-0.25, -0.2) is 4.98 Å². The fourth-order valence-electron chi connectivity index (χ4n) is 3.13. The minimum atomic E-state index is -0.217. The maximum absolute atomic E-state index is 13.0. The summed E-state index contributed by atoms with van der Waals surface area (Å²) in [7, 11) is 0. The summed E-state index contributed by atoms with van der Waals surface area (Å²) in [6.07, 6.45) is 5.06. The third-order valence-corrected chi connectivity index (χ3v) is 4.45. The van der Waals surface area contributed by atoms with Crippen molar-refractivity contribution in [3.05, 3.63) is 89.0 Å². The third kappa shape index (κ3) is 2.66. The number of aromatic nitrogens is 4. The van der Waals surface area contributed by atoms with Crippen LogP contribution < -0.4 is 11.0 Å². The number of fused-ring (bicyclic) bond motifs is 4. The molecule has 5 aromatic rings. The number of para-hydroxylation sites is 1. The molecule has 5 rings (SSSR count). The van der Waals surface area contributed by atoms with Crippen molar-refractivity contribution in [3.8, 4) is 0 Å². The van der Waals surface area contributed by atoms with Crippen LogP contribution in [0.3, 0.4) is 0 Å². The van der Waals surface area contributed by atoms with Crippen LogP contribution in [0.5, 0.6) is 0 Å². The lowest BCUT2D eigenvalue weighted by molar-refractivity contribution is 0.892. The Bertz CT molecular complexity index is 1410. The van der Waals surface area contributed by atoms with E-state index in [1.54, 1.807) is 24.7 Å². The van der Waals surface area contributed by atoms with Crippen molar-refractivity contribution >= 4 is 39.4 Å². The van der Waals surface area contributed by atoms with E-state index in [1.807, 2.05) is 54.6 Å². The smallest absolute Gasteiger partial charge is 0.267 e. The quantitative estimate of drug-likeness (QED) is 0.229. The second-order valence-electron chi connectivity index (χ2n) is 6.22. The van der Waals surface area contributed by atoms with Crippen molar-refractivity contribution in [3.63, 3.8) is 0 Å². The molecular weight excluding hydrogens is 352 g/mol. The average Bonchev–Trinajstić information content (AvgIpc) is 2.75. The maximum Gasteiger partial charge on any atom is 0.282 e. The molecule has 3 aromatic heterocycles. The Morgan fingerprint density at radius 1 is 0.929 bits per heavy atom. The third-order valence-electron chi connectivity index (χ3n) is 4.45. The van der Waals surface area contributed by atoms with Crippen molar-refractivity contribution < 1.29 is 0 Å². The lowest BCUT2D eigenvalue weighted by atomic mass is 10.1. The molecule has 0 aliphatic carbocycles. The molecule has 0 spiro atoms. The first kappa shape index (κ1) is 16.1. The average molecular weight is 366 g/mol. The van der Waals surface area contributed by atoms with Gasteiger partial charge in [0.15, 0.2) is 11.5 Å². The molecule has 0 unspecified atom stereocenters. The summed E-state index contributed by atoms with van der Waals surface area (Å²) < 4.78 is 1.33. The first-order valence-corrected chi connectivity index (χ1v) is 8.71. The Morgan fingerprint density at radius 3 is 2.54 bits per heavy atom. The van der Waals surface area contributed by atoms with Crippen LogP contribution in [0.1, 0.15) is 5.56 Å². The van der Waals surface area contributed by atoms with Crippen molar-refractivity contribution in [2.24, 2.45) is 5.10 Å². The summed E-state index contributed by atoms with van der Waals surface area (Å²) in [6.45, 7) is 0. The molecule has 2 aromatic carbocycles. The Balaban J connectivity index is 1.72. The lowest BCUT2D eigenvalue weighted by Crippen LogP contribution is -2.19. The highest BCUT2D eigenvalue weighted by molar-refractivity contribution is 6.01. The van der Waals surface area contributed by atoms with Gasteiger partial charge in [-0.15, -0.1) is 5.10 Å². The van der Waals surface area contributed by atoms with Gasteiger partial charge in [0, 0.05) is 28.7 Å². The number of hydrazone groups is 1. The van der Waals surface area contributed by atoms with Crippen molar-refractivity contribution in [2.45, 2.75) is 0 Å². The molecule has 0 atom stereocenters. The summed E-state index contributed by atoms with van der Waals surface area (Å²) in [4.78, 5) is 21.7. The number of hydrogen-bond donors (Lipinski definition) is 1. The molecule has 0 fully saturated rings. The fraction of sp³-hybridized carbons (Fsp3) is 0. The maximum atomic E-state index is 13.0. The van der Waals surface area contributed by atoms with E-state index in [2.05, 4.69) is 25.6 Å². The summed E-state index contributed by atoms with van der Waals surface area (Å²) in [6, 6.07) is 18.7. The molecule has 0 radical (unpaired) electrons. The van der Waals surface area contributed by atoms with Crippen LogP contribution in [0.4, 0.5) is 5.82 Å². The predicted molar refractivity (Wildman–Crippen MR) is 110 cm³/mol. The van der Waals surface area contributed by atoms with Crippen LogP contribution in [-0.2, 0) is 0 Å². The van der Waals surface area contributed by atoms with Gasteiger partial charge >= 0.3 is 0 Å². The second kappa shape index (κ2) is 6.55. The highest BCUT2D eigenvalue weighted by Gasteiger charge is 2.12. The lowest BCUT2D eigenvalue weighted by Gasteiger charge is -2.10. The van der Waals surface area contributed by atoms with E-state index in [0.29, 0.717) is 22.4 Å². The van der Waals surface area contributed by atoms with Gasteiger partial charge in [0.25, 0.3) is 5.56 Å². The van der Waals surface area contributed by atoms with E-state index in [-0.39, 0.29) is 5.56 Å². The number of hydrogen-bond acceptors (Lipinski definition) is 6. The zero-order chi connectivity index (χ0) is 18.9. The number of rotatable bonds is 3. The molecule has 134 valence electrons. The zero-order valence-electron chi connectivity index (χ0n) is 14.6. The van der Waals surface area contributed by atoms with Crippen LogP contribution >= 0.6 is 0 Å². The monoisotopic (exact) mass is 366 g/mol. The van der Waals surface area contributed by atoms with Crippen molar-refractivity contribution in [1.82, 2.24) is 19.6 Å². The van der Waals surface area contributed by atoms with E-state index in [0.717, 1.165) is 16.3 Å². The Labute approximate surface area is 159 Å². The molecule has 28 heavy (non-hydrogen) atoms. The normalized spacial score (nSPS) is 11.6. The molecular formula is C21H14N6O. The van der Waals surface area contributed by atoms with E-state index in [9.17, 15) is 4.79 Å². The second-order valence-corrected chi connectivity index (χ2v) is 6.22. The summed E-state index contributed by atoms with van der Waals surface area (Å²) in [5.41, 5.74) is 4.74. The van der Waals surface area contributed by atoms with Crippen LogP contribution in [0.25, 0.3) is 27.3 Å².